The second-order valence-electron chi connectivity index (χ2n) is 5.72. The Hall–Kier alpha value is -1.89. The summed E-state index contributed by atoms with van der Waals surface area (Å²) in [6.45, 7) is 8.56. The Morgan fingerprint density at radius 3 is 1.54 bits per heavy atom. The minimum Gasteiger partial charge on any atom is -0.378 e. The van der Waals surface area contributed by atoms with Gasteiger partial charge in [0.15, 0.2) is 0 Å². The molecule has 0 bridgehead atoms. The van der Waals surface area contributed by atoms with Crippen LogP contribution in [-0.4, -0.2) is 106 Å². The third kappa shape index (κ3) is 4.35. The van der Waals surface area contributed by atoms with Gasteiger partial charge >= 0.3 is 0 Å². The van der Waals surface area contributed by atoms with Gasteiger partial charge in [0, 0.05) is 39.3 Å². The molecule has 132 valence electrons. The SMILES string of the molecule is N#CN=C(N=C(N1CCOCC1)N1CCOCC1)N1CCOCC1. The van der Waals surface area contributed by atoms with Gasteiger partial charge in [0.25, 0.3) is 0 Å². The van der Waals surface area contributed by atoms with Crippen LogP contribution in [0.4, 0.5) is 0 Å². The van der Waals surface area contributed by atoms with Crippen molar-refractivity contribution in [3.05, 3.63) is 0 Å². The average molecular weight is 336 g/mol. The van der Waals surface area contributed by atoms with Crippen LogP contribution < -0.4 is 0 Å². The van der Waals surface area contributed by atoms with Crippen LogP contribution in [-0.2, 0) is 14.2 Å². The fourth-order valence-corrected chi connectivity index (χ4v) is 2.93. The Morgan fingerprint density at radius 2 is 1.12 bits per heavy atom. The van der Waals surface area contributed by atoms with E-state index in [2.05, 4.69) is 14.8 Å². The zero-order valence-corrected chi connectivity index (χ0v) is 13.9. The first kappa shape index (κ1) is 17.0. The molecule has 0 saturated carbocycles. The molecule has 0 amide bonds. The lowest BCUT2D eigenvalue weighted by molar-refractivity contribution is 0.0420. The summed E-state index contributed by atoms with van der Waals surface area (Å²) in [4.78, 5) is 15.2. The first-order valence-electron chi connectivity index (χ1n) is 8.42. The highest BCUT2D eigenvalue weighted by atomic mass is 16.5. The van der Waals surface area contributed by atoms with Crippen LogP contribution >= 0.6 is 0 Å². The van der Waals surface area contributed by atoms with Crippen LogP contribution in [0, 0.1) is 11.5 Å². The summed E-state index contributed by atoms with van der Waals surface area (Å²) >= 11 is 0. The maximum atomic E-state index is 9.07. The molecule has 0 aromatic carbocycles. The van der Waals surface area contributed by atoms with Gasteiger partial charge in [-0.15, -0.1) is 4.99 Å². The quantitative estimate of drug-likeness (QED) is 0.324. The van der Waals surface area contributed by atoms with Gasteiger partial charge in [0.2, 0.25) is 18.1 Å². The molecule has 0 radical (unpaired) electrons. The average Bonchev–Trinajstić information content (AvgIpc) is 2.67. The minimum atomic E-state index is 0.466. The zero-order valence-electron chi connectivity index (χ0n) is 13.9. The molecule has 24 heavy (non-hydrogen) atoms. The van der Waals surface area contributed by atoms with Crippen molar-refractivity contribution >= 4 is 11.9 Å². The number of morpholine rings is 3. The van der Waals surface area contributed by atoms with Gasteiger partial charge < -0.3 is 28.9 Å². The van der Waals surface area contributed by atoms with Gasteiger partial charge in [-0.2, -0.15) is 10.3 Å². The maximum Gasteiger partial charge on any atom is 0.239 e. The lowest BCUT2D eigenvalue weighted by Crippen LogP contribution is -2.53. The Labute approximate surface area is 142 Å². The van der Waals surface area contributed by atoms with E-state index >= 15 is 0 Å². The molecular weight excluding hydrogens is 312 g/mol. The topological polar surface area (TPSA) is 85.9 Å². The molecule has 3 heterocycles. The van der Waals surface area contributed by atoms with Crippen LogP contribution in [0.1, 0.15) is 0 Å². The smallest absolute Gasteiger partial charge is 0.239 e. The monoisotopic (exact) mass is 336 g/mol. The number of nitriles is 1. The van der Waals surface area contributed by atoms with E-state index in [-0.39, 0.29) is 0 Å². The Balaban J connectivity index is 1.84. The van der Waals surface area contributed by atoms with Crippen LogP contribution in [0.5, 0.6) is 0 Å². The van der Waals surface area contributed by atoms with Gasteiger partial charge in [-0.25, -0.2) is 0 Å². The second kappa shape index (κ2) is 8.82. The van der Waals surface area contributed by atoms with E-state index in [0.29, 0.717) is 58.7 Å². The fourth-order valence-electron chi connectivity index (χ4n) is 2.93. The molecule has 0 aliphatic carbocycles. The lowest BCUT2D eigenvalue weighted by Gasteiger charge is -2.38. The van der Waals surface area contributed by atoms with Gasteiger partial charge in [-0.05, 0) is 0 Å². The van der Waals surface area contributed by atoms with Crippen molar-refractivity contribution in [2.45, 2.75) is 0 Å². The van der Waals surface area contributed by atoms with Gasteiger partial charge in [-0.3, -0.25) is 0 Å². The molecule has 0 aromatic heterocycles. The van der Waals surface area contributed by atoms with E-state index in [4.69, 9.17) is 24.5 Å². The zero-order chi connectivity index (χ0) is 16.6. The Bertz CT molecular complexity index is 480. The summed E-state index contributed by atoms with van der Waals surface area (Å²) in [5, 5.41) is 9.07. The highest BCUT2D eigenvalue weighted by molar-refractivity contribution is 5.95. The number of guanidine groups is 2. The van der Waals surface area contributed by atoms with E-state index in [1.54, 1.807) is 0 Å². The highest BCUT2D eigenvalue weighted by Gasteiger charge is 2.25. The summed E-state index contributed by atoms with van der Waals surface area (Å²) < 4.78 is 16.3. The van der Waals surface area contributed by atoms with E-state index in [0.717, 1.165) is 32.1 Å². The molecule has 3 rings (SSSR count). The van der Waals surface area contributed by atoms with Crippen molar-refractivity contribution in [3.63, 3.8) is 0 Å². The van der Waals surface area contributed by atoms with Crippen LogP contribution in [0.3, 0.4) is 0 Å². The molecule has 3 fully saturated rings. The van der Waals surface area contributed by atoms with Gasteiger partial charge in [-0.1, -0.05) is 0 Å². The molecule has 0 aromatic rings. The van der Waals surface area contributed by atoms with Crippen LogP contribution in [0.2, 0.25) is 0 Å². The minimum absolute atomic E-state index is 0.466. The molecule has 0 N–H and O–H groups in total. The van der Waals surface area contributed by atoms with Gasteiger partial charge in [0.1, 0.15) is 0 Å². The second-order valence-corrected chi connectivity index (χ2v) is 5.72. The van der Waals surface area contributed by atoms with Crippen molar-refractivity contribution in [3.8, 4) is 6.19 Å². The highest BCUT2D eigenvalue weighted by Crippen LogP contribution is 2.09. The fraction of sp³-hybridized carbons (Fsp3) is 0.800. The normalized spacial score (nSPS) is 23.0. The van der Waals surface area contributed by atoms with E-state index in [9.17, 15) is 0 Å². The third-order valence-electron chi connectivity index (χ3n) is 4.23. The standard InChI is InChI=1S/C15H24N6O3/c16-13-17-14(19-1-7-22-8-2-19)18-15(20-3-9-23-10-4-20)21-5-11-24-12-6-21/h1-12H2. The van der Waals surface area contributed by atoms with Crippen molar-refractivity contribution in [1.82, 2.24) is 14.7 Å². The molecule has 0 atom stereocenters. The molecule has 3 aliphatic heterocycles. The molecule has 9 heteroatoms. The Morgan fingerprint density at radius 1 is 0.708 bits per heavy atom. The summed E-state index contributed by atoms with van der Waals surface area (Å²) in [5.41, 5.74) is 0. The number of rotatable bonds is 0. The maximum absolute atomic E-state index is 9.07. The van der Waals surface area contributed by atoms with Crippen molar-refractivity contribution in [2.75, 3.05) is 78.9 Å². The van der Waals surface area contributed by atoms with Crippen LogP contribution in [0.15, 0.2) is 9.98 Å². The van der Waals surface area contributed by atoms with E-state index < -0.39 is 0 Å². The lowest BCUT2D eigenvalue weighted by atomic mass is 10.4. The first-order valence-corrected chi connectivity index (χ1v) is 8.42. The van der Waals surface area contributed by atoms with Crippen molar-refractivity contribution < 1.29 is 14.2 Å². The predicted molar refractivity (Wildman–Crippen MR) is 87.7 cm³/mol. The number of nitrogens with zero attached hydrogens (tertiary/aromatic N) is 6. The molecule has 0 spiro atoms. The van der Waals surface area contributed by atoms with E-state index in [1.807, 2.05) is 11.1 Å². The summed E-state index contributed by atoms with van der Waals surface area (Å²) in [6, 6.07) is 0. The summed E-state index contributed by atoms with van der Waals surface area (Å²) in [5.74, 6) is 1.33. The Kier molecular flexibility index (Phi) is 6.23. The molecule has 3 aliphatic rings. The summed E-state index contributed by atoms with van der Waals surface area (Å²) in [6.07, 6.45) is 1.89. The van der Waals surface area contributed by atoms with E-state index in [1.165, 1.54) is 0 Å². The van der Waals surface area contributed by atoms with Crippen molar-refractivity contribution in [2.24, 2.45) is 9.98 Å². The number of ether oxygens (including phenoxy) is 3. The van der Waals surface area contributed by atoms with Gasteiger partial charge in [0.05, 0.1) is 39.6 Å². The van der Waals surface area contributed by atoms with Crippen molar-refractivity contribution in [1.29, 1.82) is 5.26 Å². The number of hydrogen-bond donors (Lipinski definition) is 0. The summed E-state index contributed by atoms with van der Waals surface area (Å²) in [7, 11) is 0. The first-order chi connectivity index (χ1) is 11.9. The van der Waals surface area contributed by atoms with Crippen LogP contribution in [0.25, 0.3) is 0 Å². The molecule has 0 unspecified atom stereocenters. The number of hydrogen-bond acceptors (Lipinski definition) is 5. The molecule has 3 saturated heterocycles. The predicted octanol–water partition coefficient (Wildman–Crippen LogP) is -0.824. The largest absolute Gasteiger partial charge is 0.378 e. The third-order valence-corrected chi connectivity index (χ3v) is 4.23. The molecular formula is C15H24N6O3. The number of aliphatic imine (C=N–C) groups is 2. The molecule has 9 nitrogen and oxygen atoms in total.